The minimum Gasteiger partial charge on any atom is -0.462 e. The summed E-state index contributed by atoms with van der Waals surface area (Å²) in [6.07, 6.45) is 0.622. The summed E-state index contributed by atoms with van der Waals surface area (Å²) in [5, 5.41) is 0. The molecule has 1 aromatic rings. The number of hydrogen-bond acceptors (Lipinski definition) is 4. The fourth-order valence-electron chi connectivity index (χ4n) is 1.30. The molecule has 4 heteroatoms. The third-order valence-corrected chi connectivity index (χ3v) is 2.14. The summed E-state index contributed by atoms with van der Waals surface area (Å²) in [7, 11) is 0. The van der Waals surface area contributed by atoms with Crippen LogP contribution >= 0.6 is 0 Å². The first-order valence-electron chi connectivity index (χ1n) is 6.02. The second kappa shape index (κ2) is 6.79. The van der Waals surface area contributed by atoms with Crippen molar-refractivity contribution >= 4 is 11.9 Å². The molecule has 0 saturated heterocycles. The topological polar surface area (TPSA) is 52.6 Å². The van der Waals surface area contributed by atoms with E-state index in [-0.39, 0.29) is 12.1 Å². The lowest BCUT2D eigenvalue weighted by atomic mass is 10.1. The van der Waals surface area contributed by atoms with E-state index in [0.717, 1.165) is 6.42 Å². The lowest BCUT2D eigenvalue weighted by Crippen LogP contribution is -2.12. The van der Waals surface area contributed by atoms with Gasteiger partial charge >= 0.3 is 11.9 Å². The number of rotatable bonds is 5. The Morgan fingerprint density at radius 3 is 2.00 bits per heavy atom. The maximum Gasteiger partial charge on any atom is 0.338 e. The first-order valence-corrected chi connectivity index (χ1v) is 6.02. The van der Waals surface area contributed by atoms with Gasteiger partial charge in [0.15, 0.2) is 0 Å². The van der Waals surface area contributed by atoms with Crippen molar-refractivity contribution in [1.29, 1.82) is 0 Å². The molecule has 0 atom stereocenters. The van der Waals surface area contributed by atoms with E-state index >= 15 is 0 Å². The van der Waals surface area contributed by atoms with Crippen LogP contribution in [0.2, 0.25) is 0 Å². The summed E-state index contributed by atoms with van der Waals surface area (Å²) < 4.78 is 10.0. The van der Waals surface area contributed by atoms with Gasteiger partial charge in [-0.15, -0.1) is 0 Å². The number of carbonyl (C=O) groups is 2. The second-order valence-corrected chi connectivity index (χ2v) is 4.17. The van der Waals surface area contributed by atoms with Crippen LogP contribution in [0.15, 0.2) is 24.3 Å². The Kier molecular flexibility index (Phi) is 5.36. The van der Waals surface area contributed by atoms with Crippen LogP contribution in [-0.2, 0) is 9.47 Å². The Balaban J connectivity index is 2.67. The van der Waals surface area contributed by atoms with Gasteiger partial charge in [0.25, 0.3) is 0 Å². The van der Waals surface area contributed by atoms with Crippen LogP contribution in [-0.4, -0.2) is 24.6 Å². The Labute approximate surface area is 107 Å². The summed E-state index contributed by atoms with van der Waals surface area (Å²) in [6, 6.07) is 6.25. The number of ether oxygens (including phenoxy) is 2. The number of esters is 2. The molecule has 0 radical (unpaired) electrons. The second-order valence-electron chi connectivity index (χ2n) is 4.17. The zero-order valence-electron chi connectivity index (χ0n) is 10.9. The molecule has 1 rings (SSSR count). The highest BCUT2D eigenvalue weighted by atomic mass is 16.5. The average Bonchev–Trinajstić information content (AvgIpc) is 2.35. The molecule has 0 spiro atoms. The van der Waals surface area contributed by atoms with Gasteiger partial charge in [-0.3, -0.25) is 0 Å². The summed E-state index contributed by atoms with van der Waals surface area (Å²) in [4.78, 5) is 23.1. The van der Waals surface area contributed by atoms with Gasteiger partial charge in [0.05, 0.1) is 23.8 Å². The predicted molar refractivity (Wildman–Crippen MR) is 67.6 cm³/mol. The molecule has 1 aromatic carbocycles. The van der Waals surface area contributed by atoms with Crippen molar-refractivity contribution in [2.45, 2.75) is 33.3 Å². The smallest absolute Gasteiger partial charge is 0.338 e. The Hall–Kier alpha value is -1.84. The van der Waals surface area contributed by atoms with Crippen LogP contribution < -0.4 is 0 Å². The molecule has 0 aromatic heterocycles. The lowest BCUT2D eigenvalue weighted by Gasteiger charge is -2.08. The molecule has 0 heterocycles. The van der Waals surface area contributed by atoms with E-state index in [2.05, 4.69) is 0 Å². The zero-order valence-corrected chi connectivity index (χ0v) is 10.9. The highest BCUT2D eigenvalue weighted by Gasteiger charge is 2.11. The van der Waals surface area contributed by atoms with Gasteiger partial charge in [0.2, 0.25) is 0 Å². The quantitative estimate of drug-likeness (QED) is 0.754. The van der Waals surface area contributed by atoms with Crippen molar-refractivity contribution < 1.29 is 19.1 Å². The van der Waals surface area contributed by atoms with Crippen molar-refractivity contribution in [1.82, 2.24) is 0 Å². The summed E-state index contributed by atoms with van der Waals surface area (Å²) in [5.74, 6) is -0.765. The van der Waals surface area contributed by atoms with Gasteiger partial charge in [-0.1, -0.05) is 6.92 Å². The van der Waals surface area contributed by atoms with Gasteiger partial charge in [-0.05, 0) is 44.5 Å². The fourth-order valence-corrected chi connectivity index (χ4v) is 1.30. The molecular formula is C14H18O4. The van der Waals surface area contributed by atoms with E-state index in [1.54, 1.807) is 38.1 Å². The van der Waals surface area contributed by atoms with E-state index in [1.165, 1.54) is 0 Å². The van der Waals surface area contributed by atoms with Crippen LogP contribution in [0, 0.1) is 0 Å². The van der Waals surface area contributed by atoms with Gasteiger partial charge in [-0.25, -0.2) is 9.59 Å². The molecule has 0 aliphatic carbocycles. The van der Waals surface area contributed by atoms with Crippen LogP contribution in [0.25, 0.3) is 0 Å². The fraction of sp³-hybridized carbons (Fsp3) is 0.429. The molecule has 0 saturated carbocycles. The normalized spacial score (nSPS) is 10.2. The lowest BCUT2D eigenvalue weighted by molar-refractivity contribution is 0.0376. The third-order valence-electron chi connectivity index (χ3n) is 2.14. The van der Waals surface area contributed by atoms with E-state index < -0.39 is 5.97 Å². The van der Waals surface area contributed by atoms with Gasteiger partial charge in [-0.2, -0.15) is 0 Å². The molecule has 0 amide bonds. The van der Waals surface area contributed by atoms with Gasteiger partial charge in [0, 0.05) is 0 Å². The van der Waals surface area contributed by atoms with Crippen molar-refractivity contribution in [3.63, 3.8) is 0 Å². The average molecular weight is 250 g/mol. The monoisotopic (exact) mass is 250 g/mol. The molecule has 0 aliphatic heterocycles. The third kappa shape index (κ3) is 4.20. The molecule has 0 unspecified atom stereocenters. The highest BCUT2D eigenvalue weighted by molar-refractivity contribution is 5.93. The first kappa shape index (κ1) is 14.2. The Bertz CT molecular complexity index is 406. The number of hydrogen-bond donors (Lipinski definition) is 0. The standard InChI is InChI=1S/C14H18O4/c1-4-9-17-13(15)11-5-7-12(8-6-11)14(16)18-10(2)3/h5-8,10H,4,9H2,1-3H3. The van der Waals surface area contributed by atoms with Crippen LogP contribution in [0.3, 0.4) is 0 Å². The van der Waals surface area contributed by atoms with Crippen LogP contribution in [0.1, 0.15) is 47.9 Å². The van der Waals surface area contributed by atoms with Crippen LogP contribution in [0.4, 0.5) is 0 Å². The first-order chi connectivity index (χ1) is 8.54. The Morgan fingerprint density at radius 1 is 1.06 bits per heavy atom. The summed E-state index contributed by atoms with van der Waals surface area (Å²) in [5.41, 5.74) is 0.861. The zero-order chi connectivity index (χ0) is 13.5. The number of benzene rings is 1. The maximum absolute atomic E-state index is 11.6. The number of carbonyl (C=O) groups excluding carboxylic acids is 2. The van der Waals surface area contributed by atoms with E-state index in [1.807, 2.05) is 6.92 Å². The van der Waals surface area contributed by atoms with E-state index in [9.17, 15) is 9.59 Å². The maximum atomic E-state index is 11.6. The molecule has 0 aliphatic rings. The molecule has 4 nitrogen and oxygen atoms in total. The molecule has 0 bridgehead atoms. The van der Waals surface area contributed by atoms with Crippen molar-refractivity contribution in [2.75, 3.05) is 6.61 Å². The van der Waals surface area contributed by atoms with Gasteiger partial charge in [0.1, 0.15) is 0 Å². The molecule has 0 N–H and O–H groups in total. The molecular weight excluding hydrogens is 232 g/mol. The van der Waals surface area contributed by atoms with Crippen LogP contribution in [0.5, 0.6) is 0 Å². The minimum atomic E-state index is -0.390. The van der Waals surface area contributed by atoms with E-state index in [4.69, 9.17) is 9.47 Å². The molecule has 18 heavy (non-hydrogen) atoms. The van der Waals surface area contributed by atoms with Gasteiger partial charge < -0.3 is 9.47 Å². The SMILES string of the molecule is CCCOC(=O)c1ccc(C(=O)OC(C)C)cc1. The summed E-state index contributed by atoms with van der Waals surface area (Å²) in [6.45, 7) is 5.90. The van der Waals surface area contributed by atoms with Crippen molar-refractivity contribution in [3.05, 3.63) is 35.4 Å². The van der Waals surface area contributed by atoms with Crippen molar-refractivity contribution in [3.8, 4) is 0 Å². The predicted octanol–water partition coefficient (Wildman–Crippen LogP) is 2.82. The molecule has 0 fully saturated rings. The van der Waals surface area contributed by atoms with E-state index in [0.29, 0.717) is 17.7 Å². The Morgan fingerprint density at radius 2 is 1.56 bits per heavy atom. The summed E-state index contributed by atoms with van der Waals surface area (Å²) >= 11 is 0. The largest absolute Gasteiger partial charge is 0.462 e. The minimum absolute atomic E-state index is 0.160. The molecule has 98 valence electrons. The highest BCUT2D eigenvalue weighted by Crippen LogP contribution is 2.08. The van der Waals surface area contributed by atoms with Crippen molar-refractivity contribution in [2.24, 2.45) is 0 Å².